The van der Waals surface area contributed by atoms with E-state index in [4.69, 9.17) is 9.47 Å². The number of ether oxygens (including phenoxy) is 2. The van der Waals surface area contributed by atoms with Crippen LogP contribution in [-0.4, -0.2) is 73.4 Å². The average molecular weight is 451 g/mol. The molecule has 6 nitrogen and oxygen atoms in total. The minimum atomic E-state index is -0.516. The van der Waals surface area contributed by atoms with Crippen LogP contribution in [0.3, 0.4) is 0 Å². The molecule has 1 aliphatic rings. The number of carbonyl (C=O) groups is 1. The van der Waals surface area contributed by atoms with Gasteiger partial charge in [-0.15, -0.1) is 11.3 Å². The van der Waals surface area contributed by atoms with Crippen molar-refractivity contribution in [2.75, 3.05) is 46.5 Å². The highest BCUT2D eigenvalue weighted by Gasteiger charge is 2.32. The molecule has 0 fully saturated rings. The standard InChI is InChI=1S/C23H31FN2O4S/c1-17(27)14-25(10-3-12-29-2)15-23(28)26-11-8-22-20(9-13-31-22)21(26)16-30-19-6-4-18(24)5-7-19/h4-7,9,13,17,21,27H,3,8,10-12,14-16H2,1-2H3/t17-,21-/m1/s1. The summed E-state index contributed by atoms with van der Waals surface area (Å²) in [4.78, 5) is 18.4. The number of fused-ring (bicyclic) bond motifs is 1. The summed E-state index contributed by atoms with van der Waals surface area (Å²) in [6, 6.07) is 7.79. The zero-order valence-corrected chi connectivity index (χ0v) is 18.9. The normalized spacial score (nSPS) is 16.9. The fourth-order valence-electron chi connectivity index (χ4n) is 3.90. The van der Waals surface area contributed by atoms with E-state index in [1.54, 1.807) is 37.5 Å². The number of halogens is 1. The van der Waals surface area contributed by atoms with Gasteiger partial charge in [0.25, 0.3) is 0 Å². The number of amides is 1. The van der Waals surface area contributed by atoms with Gasteiger partial charge in [0.2, 0.25) is 5.91 Å². The van der Waals surface area contributed by atoms with Crippen LogP contribution in [0.2, 0.25) is 0 Å². The van der Waals surface area contributed by atoms with Crippen molar-refractivity contribution in [3.63, 3.8) is 0 Å². The lowest BCUT2D eigenvalue weighted by atomic mass is 10.0. The van der Waals surface area contributed by atoms with E-state index >= 15 is 0 Å². The van der Waals surface area contributed by atoms with Crippen LogP contribution in [0, 0.1) is 5.82 Å². The van der Waals surface area contributed by atoms with Gasteiger partial charge in [-0.25, -0.2) is 4.39 Å². The zero-order valence-electron chi connectivity index (χ0n) is 18.1. The largest absolute Gasteiger partial charge is 0.491 e. The first kappa shape index (κ1) is 23.7. The highest BCUT2D eigenvalue weighted by molar-refractivity contribution is 7.10. The maximum absolute atomic E-state index is 13.3. The van der Waals surface area contributed by atoms with Crippen LogP contribution in [0.5, 0.6) is 5.75 Å². The third-order valence-corrected chi connectivity index (χ3v) is 6.34. The number of benzene rings is 1. The molecule has 170 valence electrons. The molecular formula is C23H31FN2O4S. The molecule has 0 bridgehead atoms. The van der Waals surface area contributed by atoms with Gasteiger partial charge in [-0.2, -0.15) is 0 Å². The van der Waals surface area contributed by atoms with Crippen molar-refractivity contribution in [2.24, 2.45) is 0 Å². The first-order chi connectivity index (χ1) is 15.0. The molecule has 1 aromatic heterocycles. The Labute approximate surface area is 187 Å². The quantitative estimate of drug-likeness (QED) is 0.533. The molecule has 8 heteroatoms. The summed E-state index contributed by atoms with van der Waals surface area (Å²) in [5, 5.41) is 11.9. The Morgan fingerprint density at radius 3 is 2.84 bits per heavy atom. The summed E-state index contributed by atoms with van der Waals surface area (Å²) in [5.41, 5.74) is 1.12. The highest BCUT2D eigenvalue weighted by atomic mass is 32.1. The minimum absolute atomic E-state index is 0.0163. The van der Waals surface area contributed by atoms with Crippen LogP contribution < -0.4 is 4.74 Å². The zero-order chi connectivity index (χ0) is 22.2. The van der Waals surface area contributed by atoms with Gasteiger partial charge < -0.3 is 19.5 Å². The number of methoxy groups -OCH3 is 1. The molecule has 0 aliphatic carbocycles. The van der Waals surface area contributed by atoms with Gasteiger partial charge in [0.1, 0.15) is 18.2 Å². The van der Waals surface area contributed by atoms with E-state index in [2.05, 4.69) is 6.07 Å². The van der Waals surface area contributed by atoms with Crippen molar-refractivity contribution in [3.8, 4) is 5.75 Å². The Morgan fingerprint density at radius 2 is 2.13 bits per heavy atom. The number of carbonyl (C=O) groups excluding carboxylic acids is 1. The Bertz CT molecular complexity index is 827. The fourth-order valence-corrected chi connectivity index (χ4v) is 4.83. The van der Waals surface area contributed by atoms with E-state index in [1.807, 2.05) is 15.2 Å². The molecule has 0 radical (unpaired) electrons. The predicted octanol–water partition coefficient (Wildman–Crippen LogP) is 3.11. The topological polar surface area (TPSA) is 62.2 Å². The molecule has 2 heterocycles. The highest BCUT2D eigenvalue weighted by Crippen LogP contribution is 2.34. The van der Waals surface area contributed by atoms with E-state index in [0.717, 1.165) is 18.4 Å². The van der Waals surface area contributed by atoms with E-state index < -0.39 is 6.10 Å². The number of aliphatic hydroxyl groups is 1. The Balaban J connectivity index is 1.70. The molecule has 1 aliphatic heterocycles. The second-order valence-electron chi connectivity index (χ2n) is 7.85. The van der Waals surface area contributed by atoms with Crippen molar-refractivity contribution in [2.45, 2.75) is 31.9 Å². The summed E-state index contributed by atoms with van der Waals surface area (Å²) in [6.45, 7) is 4.63. The van der Waals surface area contributed by atoms with Gasteiger partial charge in [0.15, 0.2) is 0 Å². The first-order valence-electron chi connectivity index (χ1n) is 10.6. The number of aliphatic hydroxyl groups excluding tert-OH is 1. The molecule has 31 heavy (non-hydrogen) atoms. The van der Waals surface area contributed by atoms with Gasteiger partial charge in [-0.3, -0.25) is 9.69 Å². The van der Waals surface area contributed by atoms with Gasteiger partial charge in [0, 0.05) is 38.2 Å². The van der Waals surface area contributed by atoms with Gasteiger partial charge in [0.05, 0.1) is 18.7 Å². The van der Waals surface area contributed by atoms with Crippen molar-refractivity contribution < 1.29 is 23.8 Å². The van der Waals surface area contributed by atoms with Crippen molar-refractivity contribution in [1.82, 2.24) is 9.80 Å². The Kier molecular flexibility index (Phi) is 8.83. The fraction of sp³-hybridized carbons (Fsp3) is 0.522. The monoisotopic (exact) mass is 450 g/mol. The molecule has 1 aromatic carbocycles. The number of thiophene rings is 1. The summed E-state index contributed by atoms with van der Waals surface area (Å²) in [6.07, 6.45) is 1.10. The Hall–Kier alpha value is -2.00. The number of nitrogens with zero attached hydrogens (tertiary/aromatic N) is 2. The van der Waals surface area contributed by atoms with E-state index in [0.29, 0.717) is 38.6 Å². The van der Waals surface area contributed by atoms with Crippen LogP contribution in [0.1, 0.15) is 29.8 Å². The number of rotatable bonds is 11. The van der Waals surface area contributed by atoms with E-state index in [9.17, 15) is 14.3 Å². The molecule has 2 atom stereocenters. The molecule has 1 amide bonds. The SMILES string of the molecule is COCCCN(CC(=O)N1CCc2sccc2[C@H]1COc1ccc(F)cc1)C[C@@H](C)O. The third-order valence-electron chi connectivity index (χ3n) is 5.34. The molecule has 3 rings (SSSR count). The number of hydrogen-bond donors (Lipinski definition) is 1. The maximum atomic E-state index is 13.3. The van der Waals surface area contributed by atoms with Crippen molar-refractivity contribution in [3.05, 3.63) is 52.0 Å². The molecular weight excluding hydrogens is 419 g/mol. The first-order valence-corrected chi connectivity index (χ1v) is 11.5. The summed E-state index contributed by atoms with van der Waals surface area (Å²) in [5.74, 6) is 0.280. The van der Waals surface area contributed by atoms with Crippen LogP contribution in [0.25, 0.3) is 0 Å². The second-order valence-corrected chi connectivity index (χ2v) is 8.85. The number of hydrogen-bond acceptors (Lipinski definition) is 6. The summed E-state index contributed by atoms with van der Waals surface area (Å²) >= 11 is 1.70. The summed E-state index contributed by atoms with van der Waals surface area (Å²) in [7, 11) is 1.65. The Morgan fingerprint density at radius 1 is 1.35 bits per heavy atom. The van der Waals surface area contributed by atoms with Crippen LogP contribution in [0.15, 0.2) is 35.7 Å². The van der Waals surface area contributed by atoms with Crippen molar-refractivity contribution in [1.29, 1.82) is 0 Å². The lowest BCUT2D eigenvalue weighted by molar-refractivity contribution is -0.136. The van der Waals surface area contributed by atoms with Crippen LogP contribution in [-0.2, 0) is 16.0 Å². The average Bonchev–Trinajstić information content (AvgIpc) is 3.22. The van der Waals surface area contributed by atoms with E-state index in [-0.39, 0.29) is 24.3 Å². The van der Waals surface area contributed by atoms with Crippen LogP contribution in [0.4, 0.5) is 4.39 Å². The molecule has 0 spiro atoms. The lowest BCUT2D eigenvalue weighted by Crippen LogP contribution is -2.47. The minimum Gasteiger partial charge on any atom is -0.491 e. The maximum Gasteiger partial charge on any atom is 0.237 e. The van der Waals surface area contributed by atoms with E-state index in [1.165, 1.54) is 17.0 Å². The molecule has 0 unspecified atom stereocenters. The second kappa shape index (κ2) is 11.6. The van der Waals surface area contributed by atoms with Crippen molar-refractivity contribution >= 4 is 17.2 Å². The van der Waals surface area contributed by atoms with Crippen LogP contribution >= 0.6 is 11.3 Å². The summed E-state index contributed by atoms with van der Waals surface area (Å²) < 4.78 is 24.2. The van der Waals surface area contributed by atoms with Gasteiger partial charge >= 0.3 is 0 Å². The predicted molar refractivity (Wildman–Crippen MR) is 119 cm³/mol. The molecule has 1 N–H and O–H groups in total. The molecule has 0 saturated carbocycles. The molecule has 2 aromatic rings. The molecule has 0 saturated heterocycles. The van der Waals surface area contributed by atoms with Gasteiger partial charge in [-0.1, -0.05) is 0 Å². The third kappa shape index (κ3) is 6.74. The van der Waals surface area contributed by atoms with Gasteiger partial charge in [-0.05, 0) is 61.0 Å². The smallest absolute Gasteiger partial charge is 0.237 e. The lowest BCUT2D eigenvalue weighted by Gasteiger charge is -2.37.